The van der Waals surface area contributed by atoms with Crippen LogP contribution in [0.5, 0.6) is 0 Å². The maximum Gasteiger partial charge on any atom is 0.191 e. The molecule has 1 unspecified atom stereocenters. The van der Waals surface area contributed by atoms with E-state index in [1.807, 2.05) is 18.3 Å². The van der Waals surface area contributed by atoms with E-state index >= 15 is 0 Å². The predicted molar refractivity (Wildman–Crippen MR) is 134 cm³/mol. The van der Waals surface area contributed by atoms with Crippen LogP contribution in [0.15, 0.2) is 47.6 Å². The molecule has 2 aromatic rings. The van der Waals surface area contributed by atoms with Gasteiger partial charge in [-0.3, -0.25) is 9.89 Å². The number of nitrogens with one attached hydrogen (secondary N) is 2. The average molecular weight is 544 g/mol. The minimum atomic E-state index is 0. The van der Waals surface area contributed by atoms with Crippen LogP contribution in [0.3, 0.4) is 0 Å². The van der Waals surface area contributed by atoms with Crippen molar-refractivity contribution in [3.8, 4) is 0 Å². The van der Waals surface area contributed by atoms with Crippen molar-refractivity contribution in [1.82, 2.24) is 20.5 Å². The Balaban J connectivity index is 0.00000320. The topological polar surface area (TPSA) is 61.8 Å². The van der Waals surface area contributed by atoms with Crippen LogP contribution in [-0.2, 0) is 11.2 Å². The van der Waals surface area contributed by atoms with Crippen LogP contribution >= 0.6 is 35.6 Å². The first-order valence-corrected chi connectivity index (χ1v) is 10.5. The van der Waals surface area contributed by atoms with E-state index in [0.29, 0.717) is 5.15 Å². The summed E-state index contributed by atoms with van der Waals surface area (Å²) in [5.41, 5.74) is 3.74. The Morgan fingerprint density at radius 1 is 1.23 bits per heavy atom. The van der Waals surface area contributed by atoms with Gasteiger partial charge in [0.1, 0.15) is 5.15 Å². The number of aryl methyl sites for hydroxylation is 1. The van der Waals surface area contributed by atoms with Crippen LogP contribution in [0.2, 0.25) is 5.15 Å². The third-order valence-corrected chi connectivity index (χ3v) is 5.32. The number of morpholine rings is 1. The number of ether oxygens (including phenoxy) is 1. The van der Waals surface area contributed by atoms with Crippen LogP contribution in [0.25, 0.3) is 0 Å². The summed E-state index contributed by atoms with van der Waals surface area (Å²) in [5, 5.41) is 7.41. The van der Waals surface area contributed by atoms with Crippen molar-refractivity contribution in [2.24, 2.45) is 4.99 Å². The number of nitrogens with zero attached hydrogens (tertiary/aromatic N) is 3. The Morgan fingerprint density at radius 3 is 2.70 bits per heavy atom. The monoisotopic (exact) mass is 543 g/mol. The summed E-state index contributed by atoms with van der Waals surface area (Å²) in [6.07, 6.45) is 2.67. The highest BCUT2D eigenvalue weighted by Crippen LogP contribution is 2.22. The highest BCUT2D eigenvalue weighted by molar-refractivity contribution is 14.0. The van der Waals surface area contributed by atoms with Gasteiger partial charge in [-0.05, 0) is 30.5 Å². The molecule has 8 heteroatoms. The molecule has 1 fully saturated rings. The number of halogens is 2. The predicted octanol–water partition coefficient (Wildman–Crippen LogP) is 3.44. The van der Waals surface area contributed by atoms with Gasteiger partial charge in [0.15, 0.2) is 5.96 Å². The van der Waals surface area contributed by atoms with Gasteiger partial charge in [-0.2, -0.15) is 0 Å². The molecule has 164 valence electrons. The van der Waals surface area contributed by atoms with Gasteiger partial charge in [-0.15, -0.1) is 24.0 Å². The Bertz CT molecular complexity index is 796. The molecule has 2 N–H and O–H groups in total. The number of benzene rings is 1. The van der Waals surface area contributed by atoms with Gasteiger partial charge in [0.05, 0.1) is 19.3 Å². The fraction of sp³-hybridized carbons (Fsp3) is 0.455. The van der Waals surface area contributed by atoms with E-state index in [1.165, 1.54) is 11.1 Å². The highest BCUT2D eigenvalue weighted by atomic mass is 127. The molecular formula is C22H31ClIN5O. The largest absolute Gasteiger partial charge is 0.379 e. The second-order valence-corrected chi connectivity index (χ2v) is 7.58. The fourth-order valence-electron chi connectivity index (χ4n) is 3.52. The first-order chi connectivity index (χ1) is 14.2. The molecule has 6 nitrogen and oxygen atoms in total. The van der Waals surface area contributed by atoms with Gasteiger partial charge in [0.2, 0.25) is 0 Å². The fourth-order valence-corrected chi connectivity index (χ4v) is 3.63. The number of rotatable bonds is 7. The second-order valence-electron chi connectivity index (χ2n) is 7.20. The average Bonchev–Trinajstić information content (AvgIpc) is 2.75. The summed E-state index contributed by atoms with van der Waals surface area (Å²) in [4.78, 5) is 11.0. The van der Waals surface area contributed by atoms with Crippen LogP contribution in [0.4, 0.5) is 0 Å². The molecule has 1 saturated heterocycles. The van der Waals surface area contributed by atoms with Crippen molar-refractivity contribution in [3.05, 3.63) is 64.4 Å². The van der Waals surface area contributed by atoms with E-state index in [1.54, 1.807) is 7.05 Å². The number of guanidine groups is 1. The summed E-state index contributed by atoms with van der Waals surface area (Å²) in [6.45, 7) is 7.14. The zero-order valence-corrected chi connectivity index (χ0v) is 20.7. The van der Waals surface area contributed by atoms with Crippen LogP contribution < -0.4 is 10.6 Å². The van der Waals surface area contributed by atoms with Crippen LogP contribution in [0, 0.1) is 6.92 Å². The Hall–Kier alpha value is -1.42. The lowest BCUT2D eigenvalue weighted by Crippen LogP contribution is -2.46. The molecule has 0 spiro atoms. The van der Waals surface area contributed by atoms with Gasteiger partial charge in [-0.1, -0.05) is 47.5 Å². The van der Waals surface area contributed by atoms with Gasteiger partial charge in [0.25, 0.3) is 0 Å². The Labute approximate surface area is 201 Å². The maximum atomic E-state index is 5.85. The molecule has 2 heterocycles. The minimum absolute atomic E-state index is 0. The molecule has 1 aromatic carbocycles. The van der Waals surface area contributed by atoms with Crippen molar-refractivity contribution in [1.29, 1.82) is 0 Å². The van der Waals surface area contributed by atoms with E-state index in [-0.39, 0.29) is 30.0 Å². The van der Waals surface area contributed by atoms with Crippen molar-refractivity contribution in [2.45, 2.75) is 19.4 Å². The van der Waals surface area contributed by atoms with E-state index in [2.05, 4.69) is 56.7 Å². The third kappa shape index (κ3) is 7.68. The third-order valence-electron chi connectivity index (χ3n) is 5.09. The van der Waals surface area contributed by atoms with Crippen molar-refractivity contribution >= 4 is 41.5 Å². The van der Waals surface area contributed by atoms with E-state index in [0.717, 1.165) is 57.3 Å². The zero-order chi connectivity index (χ0) is 20.5. The number of hydrogen-bond acceptors (Lipinski definition) is 4. The molecule has 0 saturated carbocycles. The molecule has 1 aromatic heterocycles. The zero-order valence-electron chi connectivity index (χ0n) is 17.6. The Morgan fingerprint density at radius 2 is 2.03 bits per heavy atom. The number of aliphatic imine (C=N–C) groups is 1. The van der Waals surface area contributed by atoms with Crippen molar-refractivity contribution in [3.63, 3.8) is 0 Å². The molecule has 1 aliphatic rings. The molecule has 0 aliphatic carbocycles. The van der Waals surface area contributed by atoms with Gasteiger partial charge in [0, 0.05) is 39.4 Å². The van der Waals surface area contributed by atoms with E-state index in [4.69, 9.17) is 16.3 Å². The summed E-state index contributed by atoms with van der Waals surface area (Å²) in [7, 11) is 1.80. The van der Waals surface area contributed by atoms with Gasteiger partial charge < -0.3 is 15.4 Å². The lowest BCUT2D eigenvalue weighted by Gasteiger charge is -2.35. The van der Waals surface area contributed by atoms with Gasteiger partial charge >= 0.3 is 0 Å². The summed E-state index contributed by atoms with van der Waals surface area (Å²) in [5.74, 6) is 0.804. The smallest absolute Gasteiger partial charge is 0.191 e. The maximum absolute atomic E-state index is 5.85. The lowest BCUT2D eigenvalue weighted by molar-refractivity contribution is 0.0170. The molecule has 0 bridgehead atoms. The first kappa shape index (κ1) is 24.8. The van der Waals surface area contributed by atoms with Crippen LogP contribution in [-0.4, -0.2) is 62.3 Å². The summed E-state index contributed by atoms with van der Waals surface area (Å²) < 4.78 is 5.55. The quantitative estimate of drug-likeness (QED) is 0.243. The van der Waals surface area contributed by atoms with E-state index in [9.17, 15) is 0 Å². The Kier molecular flexibility index (Phi) is 10.8. The molecule has 0 radical (unpaired) electrons. The molecule has 1 atom stereocenters. The number of hydrogen-bond donors (Lipinski definition) is 2. The van der Waals surface area contributed by atoms with Crippen LogP contribution in [0.1, 0.15) is 22.7 Å². The molecule has 30 heavy (non-hydrogen) atoms. The van der Waals surface area contributed by atoms with Gasteiger partial charge in [-0.25, -0.2) is 4.98 Å². The summed E-state index contributed by atoms with van der Waals surface area (Å²) in [6, 6.07) is 12.8. The van der Waals surface area contributed by atoms with Crippen molar-refractivity contribution < 1.29 is 4.74 Å². The normalized spacial score (nSPS) is 15.9. The van der Waals surface area contributed by atoms with E-state index < -0.39 is 0 Å². The first-order valence-electron chi connectivity index (χ1n) is 10.1. The molecular weight excluding hydrogens is 513 g/mol. The molecule has 3 rings (SSSR count). The SMILES string of the molecule is CN=C(NCCc1ccc(Cl)nc1)NCC(c1cccc(C)c1)N1CCOCC1.I. The molecule has 0 amide bonds. The highest BCUT2D eigenvalue weighted by Gasteiger charge is 2.23. The lowest BCUT2D eigenvalue weighted by atomic mass is 10.0. The summed E-state index contributed by atoms with van der Waals surface area (Å²) >= 11 is 5.85. The standard InChI is InChI=1S/C22H30ClN5O.HI/c1-17-4-3-5-19(14-17)20(28-10-12-29-13-11-28)16-27-22(24-2)25-9-8-18-6-7-21(23)26-15-18;/h3-7,14-15,20H,8-13,16H2,1-2H3,(H2,24,25,27);1H. The second kappa shape index (κ2) is 13.1. The number of aromatic nitrogens is 1. The number of pyridine rings is 1. The van der Waals surface area contributed by atoms with Crippen molar-refractivity contribution in [2.75, 3.05) is 46.4 Å². The molecule has 1 aliphatic heterocycles. The minimum Gasteiger partial charge on any atom is -0.379 e.